The largest absolute Gasteiger partial charge is 0.446 e. The van der Waals surface area contributed by atoms with Gasteiger partial charge in [0.05, 0.1) is 6.04 Å². The van der Waals surface area contributed by atoms with Crippen LogP contribution in [0.5, 0.6) is 0 Å². The van der Waals surface area contributed by atoms with Gasteiger partial charge in [-0.15, -0.1) is 0 Å². The number of fused-ring (bicyclic) bond motifs is 5. The van der Waals surface area contributed by atoms with Crippen LogP contribution in [0, 0.1) is 12.3 Å². The minimum Gasteiger partial charge on any atom is -0.446 e. The number of oxazole rings is 1. The molecule has 2 aliphatic heterocycles. The van der Waals surface area contributed by atoms with Crippen LogP contribution < -0.4 is 4.90 Å². The summed E-state index contributed by atoms with van der Waals surface area (Å²) in [6, 6.07) is 6.92. The van der Waals surface area contributed by atoms with Gasteiger partial charge in [-0.1, -0.05) is 45.9 Å². The summed E-state index contributed by atoms with van der Waals surface area (Å²) in [6.45, 7) is 16.3. The molecule has 3 heteroatoms. The molecule has 0 aliphatic carbocycles. The lowest BCUT2D eigenvalue weighted by Gasteiger charge is -2.61. The van der Waals surface area contributed by atoms with E-state index in [9.17, 15) is 0 Å². The van der Waals surface area contributed by atoms with E-state index in [0.29, 0.717) is 0 Å². The predicted molar refractivity (Wildman–Crippen MR) is 92.7 cm³/mol. The molecular weight excluding hydrogens is 284 g/mol. The molecule has 3 heterocycles. The van der Waals surface area contributed by atoms with Gasteiger partial charge in [0.25, 0.3) is 0 Å². The second-order valence-corrected chi connectivity index (χ2v) is 8.41. The SMILES string of the molecule is Cc1cccc2c1N1[C@@H](C)c3ncoc3C1(C)C(C)(C)C2(C)C. The van der Waals surface area contributed by atoms with Gasteiger partial charge in [0.2, 0.25) is 0 Å². The molecule has 1 aromatic carbocycles. The summed E-state index contributed by atoms with van der Waals surface area (Å²) in [5, 5.41) is 0. The Kier molecular flexibility index (Phi) is 2.58. The van der Waals surface area contributed by atoms with Crippen LogP contribution in [0.1, 0.15) is 70.2 Å². The highest BCUT2D eigenvalue weighted by atomic mass is 16.3. The van der Waals surface area contributed by atoms with Crippen molar-refractivity contribution >= 4 is 5.69 Å². The molecule has 0 bridgehead atoms. The Morgan fingerprint density at radius 3 is 2.52 bits per heavy atom. The Morgan fingerprint density at radius 1 is 1.13 bits per heavy atom. The number of rotatable bonds is 0. The van der Waals surface area contributed by atoms with Crippen LogP contribution in [-0.4, -0.2) is 4.98 Å². The fraction of sp³-hybridized carbons (Fsp3) is 0.550. The first-order valence-electron chi connectivity index (χ1n) is 8.49. The smallest absolute Gasteiger partial charge is 0.181 e. The summed E-state index contributed by atoms with van der Waals surface area (Å²) >= 11 is 0. The van der Waals surface area contributed by atoms with Crippen molar-refractivity contribution in [3.8, 4) is 0 Å². The van der Waals surface area contributed by atoms with E-state index in [4.69, 9.17) is 4.42 Å². The second kappa shape index (κ2) is 4.00. The van der Waals surface area contributed by atoms with Crippen molar-refractivity contribution in [3.63, 3.8) is 0 Å². The Bertz CT molecular complexity index is 802. The molecule has 2 aliphatic rings. The van der Waals surface area contributed by atoms with Crippen LogP contribution in [0.2, 0.25) is 0 Å². The standard InChI is InChI=1S/C20H26N2O/c1-12-9-8-10-14-16(12)22-13(2)15-17(23-11-21-15)20(22,7)19(5,6)18(14,3)4/h8-11,13H,1-7H3/t13-,20?/m0/s1. The normalized spacial score (nSPS) is 29.9. The fourth-order valence-corrected chi connectivity index (χ4v) is 4.97. The topological polar surface area (TPSA) is 29.3 Å². The third-order valence-corrected chi connectivity index (χ3v) is 7.23. The lowest BCUT2D eigenvalue weighted by atomic mass is 9.52. The van der Waals surface area contributed by atoms with Gasteiger partial charge in [-0.25, -0.2) is 4.98 Å². The number of para-hydroxylation sites is 1. The van der Waals surface area contributed by atoms with Crippen LogP contribution in [0.4, 0.5) is 5.69 Å². The number of aryl methyl sites for hydroxylation is 1. The molecule has 0 spiro atoms. The molecule has 23 heavy (non-hydrogen) atoms. The Morgan fingerprint density at radius 2 is 1.83 bits per heavy atom. The van der Waals surface area contributed by atoms with Crippen molar-refractivity contribution in [1.82, 2.24) is 4.98 Å². The summed E-state index contributed by atoms with van der Waals surface area (Å²) in [5.41, 5.74) is 5.01. The monoisotopic (exact) mass is 310 g/mol. The lowest BCUT2D eigenvalue weighted by molar-refractivity contribution is 0.0508. The Hall–Kier alpha value is -1.77. The molecule has 4 rings (SSSR count). The van der Waals surface area contributed by atoms with Crippen molar-refractivity contribution in [1.29, 1.82) is 0 Å². The highest BCUT2D eigenvalue weighted by Crippen LogP contribution is 2.67. The molecule has 0 N–H and O–H groups in total. The maximum absolute atomic E-state index is 5.95. The minimum atomic E-state index is -0.207. The summed E-state index contributed by atoms with van der Waals surface area (Å²) in [4.78, 5) is 7.11. The summed E-state index contributed by atoms with van der Waals surface area (Å²) in [7, 11) is 0. The maximum Gasteiger partial charge on any atom is 0.181 e. The highest BCUT2D eigenvalue weighted by molar-refractivity contribution is 5.71. The van der Waals surface area contributed by atoms with Gasteiger partial charge < -0.3 is 9.32 Å². The van der Waals surface area contributed by atoms with E-state index in [1.54, 1.807) is 6.39 Å². The van der Waals surface area contributed by atoms with Gasteiger partial charge >= 0.3 is 0 Å². The molecule has 2 atom stereocenters. The average Bonchev–Trinajstić information content (AvgIpc) is 3.03. The number of hydrogen-bond acceptors (Lipinski definition) is 3. The molecule has 2 aromatic rings. The Balaban J connectivity index is 2.15. The molecule has 0 radical (unpaired) electrons. The highest BCUT2D eigenvalue weighted by Gasteiger charge is 2.66. The number of aromatic nitrogens is 1. The number of anilines is 1. The van der Waals surface area contributed by atoms with Gasteiger partial charge in [0.15, 0.2) is 12.2 Å². The second-order valence-electron chi connectivity index (χ2n) is 8.41. The van der Waals surface area contributed by atoms with Gasteiger partial charge in [0, 0.05) is 11.1 Å². The summed E-state index contributed by atoms with van der Waals surface area (Å²) in [5.74, 6) is 1.04. The van der Waals surface area contributed by atoms with E-state index in [2.05, 4.69) is 76.5 Å². The van der Waals surface area contributed by atoms with Crippen LogP contribution >= 0.6 is 0 Å². The first-order valence-corrected chi connectivity index (χ1v) is 8.49. The van der Waals surface area contributed by atoms with Gasteiger partial charge in [0.1, 0.15) is 11.2 Å². The number of hydrogen-bond donors (Lipinski definition) is 0. The zero-order chi connectivity index (χ0) is 16.8. The molecule has 122 valence electrons. The predicted octanol–water partition coefficient (Wildman–Crippen LogP) is 5.10. The van der Waals surface area contributed by atoms with Crippen LogP contribution in [0.25, 0.3) is 0 Å². The molecule has 0 saturated carbocycles. The Labute approximate surface area is 138 Å². The molecule has 1 aromatic heterocycles. The van der Waals surface area contributed by atoms with Crippen molar-refractivity contribution in [2.45, 2.75) is 65.5 Å². The van der Waals surface area contributed by atoms with E-state index in [1.807, 2.05) is 0 Å². The zero-order valence-electron chi connectivity index (χ0n) is 15.2. The lowest BCUT2D eigenvalue weighted by Crippen LogP contribution is -2.62. The van der Waals surface area contributed by atoms with E-state index >= 15 is 0 Å². The van der Waals surface area contributed by atoms with Crippen molar-refractivity contribution in [3.05, 3.63) is 47.2 Å². The van der Waals surface area contributed by atoms with E-state index in [-0.39, 0.29) is 22.4 Å². The number of nitrogens with zero attached hydrogens (tertiary/aromatic N) is 2. The fourth-order valence-electron chi connectivity index (χ4n) is 4.97. The molecular formula is C20H26N2O. The van der Waals surface area contributed by atoms with E-state index in [0.717, 1.165) is 11.5 Å². The zero-order valence-corrected chi connectivity index (χ0v) is 15.2. The maximum atomic E-state index is 5.95. The molecule has 0 amide bonds. The van der Waals surface area contributed by atoms with Crippen LogP contribution in [-0.2, 0) is 11.0 Å². The van der Waals surface area contributed by atoms with Crippen molar-refractivity contribution < 1.29 is 4.42 Å². The molecule has 1 unspecified atom stereocenters. The minimum absolute atomic E-state index is 0.0141. The molecule has 0 fully saturated rings. The molecule has 3 nitrogen and oxygen atoms in total. The summed E-state index contributed by atoms with van der Waals surface area (Å²) < 4.78 is 5.95. The van der Waals surface area contributed by atoms with Crippen molar-refractivity contribution in [2.24, 2.45) is 5.41 Å². The summed E-state index contributed by atoms with van der Waals surface area (Å²) in [6.07, 6.45) is 1.61. The third kappa shape index (κ3) is 1.36. The number of benzene rings is 1. The van der Waals surface area contributed by atoms with E-state index < -0.39 is 0 Å². The van der Waals surface area contributed by atoms with Gasteiger partial charge in [-0.3, -0.25) is 0 Å². The first kappa shape index (κ1) is 14.8. The van der Waals surface area contributed by atoms with E-state index in [1.165, 1.54) is 16.8 Å². The van der Waals surface area contributed by atoms with Gasteiger partial charge in [-0.2, -0.15) is 0 Å². The van der Waals surface area contributed by atoms with Gasteiger partial charge in [-0.05, 0) is 37.3 Å². The first-order chi connectivity index (χ1) is 10.7. The van der Waals surface area contributed by atoms with Crippen LogP contribution in [0.15, 0.2) is 29.0 Å². The third-order valence-electron chi connectivity index (χ3n) is 7.23. The average molecular weight is 310 g/mol. The van der Waals surface area contributed by atoms with Crippen LogP contribution in [0.3, 0.4) is 0 Å². The van der Waals surface area contributed by atoms with Crippen molar-refractivity contribution in [2.75, 3.05) is 4.90 Å². The quantitative estimate of drug-likeness (QED) is 0.678. The molecule has 0 saturated heterocycles.